The molecule has 118 valence electrons. The molecule has 1 N–H and O–H groups in total. The maximum absolute atomic E-state index is 12.1. The molecular weight excluding hydrogens is 288 g/mol. The molecule has 22 heavy (non-hydrogen) atoms. The summed E-state index contributed by atoms with van der Waals surface area (Å²) in [6.07, 6.45) is 6.33. The van der Waals surface area contributed by atoms with Crippen LogP contribution in [0.4, 0.5) is 4.79 Å². The van der Waals surface area contributed by atoms with Crippen LogP contribution in [-0.2, 0) is 6.54 Å². The zero-order valence-electron chi connectivity index (χ0n) is 12.4. The molecule has 0 saturated heterocycles. The van der Waals surface area contributed by atoms with E-state index >= 15 is 0 Å². The Morgan fingerprint density at radius 2 is 2.23 bits per heavy atom. The van der Waals surface area contributed by atoms with E-state index in [1.54, 1.807) is 0 Å². The standard InChI is InChI=1S/C14H18N4O4/c1-21-13-9-22-11(7-12(13)19)8-18(17-15)14(20)16-10-5-3-2-4-6-10/h7,9-10H,2-6,8H2,1H3/p+1. The second-order valence-electron chi connectivity index (χ2n) is 5.21. The number of hydrogen-bond acceptors (Lipinski definition) is 5. The van der Waals surface area contributed by atoms with Crippen molar-refractivity contribution in [2.24, 2.45) is 0 Å². The summed E-state index contributed by atoms with van der Waals surface area (Å²) >= 11 is 0. The van der Waals surface area contributed by atoms with Gasteiger partial charge in [0.05, 0.1) is 12.1 Å². The van der Waals surface area contributed by atoms with Crippen LogP contribution in [0.15, 0.2) is 21.5 Å². The second-order valence-corrected chi connectivity index (χ2v) is 5.21. The minimum absolute atomic E-state index is 0.0721. The van der Waals surface area contributed by atoms with Crippen molar-refractivity contribution in [2.45, 2.75) is 44.7 Å². The molecule has 0 bridgehead atoms. The Balaban J connectivity index is 1.99. The van der Waals surface area contributed by atoms with E-state index in [9.17, 15) is 9.59 Å². The summed E-state index contributed by atoms with van der Waals surface area (Å²) in [7, 11) is 1.36. The third-order valence-electron chi connectivity index (χ3n) is 3.65. The van der Waals surface area contributed by atoms with Gasteiger partial charge in [-0.1, -0.05) is 19.3 Å². The molecule has 0 atom stereocenters. The Bertz CT molecular complexity index is 616. The van der Waals surface area contributed by atoms with Gasteiger partial charge in [-0.2, -0.15) is 0 Å². The SMILES string of the molecule is COc1coc(CN([N+]#N)C(=O)NC2CCCCC2)cc1=O. The fraction of sp³-hybridized carbons (Fsp3) is 0.571. The van der Waals surface area contributed by atoms with Gasteiger partial charge >= 0.3 is 11.1 Å². The Morgan fingerprint density at radius 1 is 1.50 bits per heavy atom. The number of urea groups is 1. The minimum Gasteiger partial charge on any atom is -0.490 e. The van der Waals surface area contributed by atoms with Gasteiger partial charge in [-0.3, -0.25) is 4.79 Å². The number of nitrogens with zero attached hydrogens (tertiary/aromatic N) is 3. The quantitative estimate of drug-likeness (QED) is 0.679. The van der Waals surface area contributed by atoms with E-state index in [-0.39, 0.29) is 29.5 Å². The van der Waals surface area contributed by atoms with Gasteiger partial charge in [-0.15, -0.1) is 0 Å². The molecule has 8 heteroatoms. The second kappa shape index (κ2) is 7.45. The predicted octanol–water partition coefficient (Wildman–Crippen LogP) is 2.26. The van der Waals surface area contributed by atoms with Crippen LogP contribution in [0.5, 0.6) is 5.75 Å². The highest BCUT2D eigenvalue weighted by molar-refractivity contribution is 5.74. The van der Waals surface area contributed by atoms with Crippen molar-refractivity contribution in [3.63, 3.8) is 0 Å². The number of hydrogen-bond donors (Lipinski definition) is 1. The molecule has 0 radical (unpaired) electrons. The molecule has 1 heterocycles. The molecule has 1 fully saturated rings. The summed E-state index contributed by atoms with van der Waals surface area (Å²) in [5, 5.41) is 15.6. The molecular formula is C14H19N4O4+. The van der Waals surface area contributed by atoms with E-state index in [1.807, 2.05) is 0 Å². The Hall–Kier alpha value is -2.56. The first-order valence-electron chi connectivity index (χ1n) is 7.23. The van der Waals surface area contributed by atoms with Gasteiger partial charge in [-0.05, 0) is 12.8 Å². The smallest absolute Gasteiger partial charge is 0.391 e. The molecule has 0 unspecified atom stereocenters. The average Bonchev–Trinajstić information content (AvgIpc) is 2.53. The van der Waals surface area contributed by atoms with Crippen LogP contribution in [-0.4, -0.2) is 24.2 Å². The monoisotopic (exact) mass is 307 g/mol. The van der Waals surface area contributed by atoms with E-state index in [4.69, 9.17) is 14.5 Å². The molecule has 2 amide bonds. The van der Waals surface area contributed by atoms with Crippen LogP contribution in [0.3, 0.4) is 0 Å². The van der Waals surface area contributed by atoms with Crippen molar-refractivity contribution >= 4 is 6.03 Å². The van der Waals surface area contributed by atoms with Crippen LogP contribution in [0.25, 0.3) is 5.08 Å². The van der Waals surface area contributed by atoms with Crippen molar-refractivity contribution < 1.29 is 13.9 Å². The first kappa shape index (κ1) is 15.8. The van der Waals surface area contributed by atoms with Gasteiger partial charge in [0.15, 0.2) is 6.54 Å². The highest BCUT2D eigenvalue weighted by atomic mass is 16.5. The zero-order chi connectivity index (χ0) is 15.9. The molecule has 1 aromatic heterocycles. The normalized spacial score (nSPS) is 14.9. The lowest BCUT2D eigenvalue weighted by molar-refractivity contribution is 0.199. The average molecular weight is 307 g/mol. The van der Waals surface area contributed by atoms with Crippen LogP contribution < -0.4 is 15.5 Å². The van der Waals surface area contributed by atoms with Crippen LogP contribution in [0.1, 0.15) is 37.9 Å². The lowest BCUT2D eigenvalue weighted by Crippen LogP contribution is -2.42. The fourth-order valence-corrected chi connectivity index (χ4v) is 2.46. The Labute approximate surface area is 127 Å². The Morgan fingerprint density at radius 3 is 2.82 bits per heavy atom. The van der Waals surface area contributed by atoms with Crippen molar-refractivity contribution in [3.8, 4) is 5.75 Å². The molecule has 1 aromatic rings. The van der Waals surface area contributed by atoms with Gasteiger partial charge in [-0.25, -0.2) is 4.79 Å². The fourth-order valence-electron chi connectivity index (χ4n) is 2.46. The van der Waals surface area contributed by atoms with Crippen molar-refractivity contribution in [1.29, 1.82) is 5.39 Å². The highest BCUT2D eigenvalue weighted by Gasteiger charge is 2.28. The van der Waals surface area contributed by atoms with Gasteiger partial charge in [0.25, 0.3) is 5.39 Å². The van der Waals surface area contributed by atoms with Crippen LogP contribution in [0, 0.1) is 5.39 Å². The number of ether oxygens (including phenoxy) is 1. The molecule has 0 aliphatic heterocycles. The van der Waals surface area contributed by atoms with E-state index in [2.05, 4.69) is 10.4 Å². The molecule has 0 aromatic carbocycles. The number of methoxy groups -OCH3 is 1. The third-order valence-corrected chi connectivity index (χ3v) is 3.65. The zero-order valence-corrected chi connectivity index (χ0v) is 12.4. The van der Waals surface area contributed by atoms with Gasteiger partial charge in [0.2, 0.25) is 11.2 Å². The van der Waals surface area contributed by atoms with E-state index in [0.29, 0.717) is 0 Å². The molecule has 1 aliphatic carbocycles. The number of nitrogens with one attached hydrogen (secondary N) is 1. The summed E-state index contributed by atoms with van der Waals surface area (Å²) in [4.78, 5) is 23.7. The molecule has 1 aliphatic rings. The lowest BCUT2D eigenvalue weighted by Gasteiger charge is -2.22. The number of carbonyl (C=O) groups is 1. The molecule has 1 saturated carbocycles. The van der Waals surface area contributed by atoms with E-state index < -0.39 is 6.03 Å². The maximum atomic E-state index is 12.1. The van der Waals surface area contributed by atoms with Gasteiger partial charge in [0, 0.05) is 12.1 Å². The van der Waals surface area contributed by atoms with Crippen molar-refractivity contribution in [2.75, 3.05) is 7.11 Å². The molecule has 0 spiro atoms. The first-order valence-corrected chi connectivity index (χ1v) is 7.23. The van der Waals surface area contributed by atoms with Crippen molar-refractivity contribution in [3.05, 3.63) is 33.4 Å². The summed E-state index contributed by atoms with van der Waals surface area (Å²) < 4.78 is 9.99. The van der Waals surface area contributed by atoms with Gasteiger partial charge in [0.1, 0.15) is 12.0 Å². The molecule has 8 nitrogen and oxygen atoms in total. The predicted molar refractivity (Wildman–Crippen MR) is 77.6 cm³/mol. The van der Waals surface area contributed by atoms with Crippen LogP contribution in [0.2, 0.25) is 0 Å². The summed E-state index contributed by atoms with van der Waals surface area (Å²) in [6.45, 7) is -0.145. The third kappa shape index (κ3) is 3.97. The van der Waals surface area contributed by atoms with Crippen molar-refractivity contribution in [1.82, 2.24) is 10.3 Å². The lowest BCUT2D eigenvalue weighted by atomic mass is 9.96. The topological polar surface area (TPSA) is 99.9 Å². The summed E-state index contributed by atoms with van der Waals surface area (Å²) in [6, 6.07) is 0.770. The van der Waals surface area contributed by atoms with E-state index in [1.165, 1.54) is 19.6 Å². The van der Waals surface area contributed by atoms with Crippen LogP contribution >= 0.6 is 0 Å². The highest BCUT2D eigenvalue weighted by Crippen LogP contribution is 2.18. The minimum atomic E-state index is -0.520. The first-order chi connectivity index (χ1) is 10.6. The number of diazo groups is 1. The largest absolute Gasteiger partial charge is 0.490 e. The van der Waals surface area contributed by atoms with Gasteiger partial charge < -0.3 is 14.5 Å². The number of carbonyl (C=O) groups excluding carboxylic acids is 1. The summed E-state index contributed by atoms with van der Waals surface area (Å²) in [5.41, 5.74) is -0.366. The Kier molecular flexibility index (Phi) is 5.36. The molecule has 2 rings (SSSR count). The summed E-state index contributed by atoms with van der Waals surface area (Å²) in [5.74, 6) is 0.269. The maximum Gasteiger partial charge on any atom is 0.391 e. The number of amides is 2. The van der Waals surface area contributed by atoms with E-state index in [0.717, 1.165) is 37.0 Å². The number of rotatable bonds is 4.